The highest BCUT2D eigenvalue weighted by molar-refractivity contribution is 6.31. The molecule has 0 radical (unpaired) electrons. The Morgan fingerprint density at radius 3 is 2.71 bits per heavy atom. The molecule has 0 saturated heterocycles. The maximum atomic E-state index is 10.9. The van der Waals surface area contributed by atoms with Crippen molar-refractivity contribution in [2.75, 3.05) is 7.11 Å². The molecular weight excluding hydrogens is 288 g/mol. The first-order valence-electron chi connectivity index (χ1n) is 6.57. The van der Waals surface area contributed by atoms with E-state index in [2.05, 4.69) is 0 Å². The number of halogens is 1. The summed E-state index contributed by atoms with van der Waals surface area (Å²) in [5.41, 5.74) is 0.143. The Hall–Kier alpha value is -1.97. The highest BCUT2D eigenvalue weighted by atomic mass is 35.5. The van der Waals surface area contributed by atoms with E-state index in [9.17, 15) is 5.11 Å². The zero-order chi connectivity index (χ0) is 15.0. The molecule has 21 heavy (non-hydrogen) atoms. The van der Waals surface area contributed by atoms with Gasteiger partial charge in [-0.3, -0.25) is 0 Å². The molecule has 0 aliphatic rings. The molecular formula is C17H15ClO3. The zero-order valence-corrected chi connectivity index (χ0v) is 12.5. The van der Waals surface area contributed by atoms with Gasteiger partial charge in [-0.25, -0.2) is 0 Å². The SMILES string of the molecule is COc1cccc(C(C)(O)c2cc3cc(Cl)ccc3o2)c1. The van der Waals surface area contributed by atoms with Gasteiger partial charge in [0, 0.05) is 10.4 Å². The van der Waals surface area contributed by atoms with Gasteiger partial charge in [-0.05, 0) is 48.9 Å². The van der Waals surface area contributed by atoms with Crippen molar-refractivity contribution in [2.24, 2.45) is 0 Å². The fraction of sp³-hybridized carbons (Fsp3) is 0.176. The van der Waals surface area contributed by atoms with Crippen molar-refractivity contribution in [1.29, 1.82) is 0 Å². The van der Waals surface area contributed by atoms with Crippen molar-refractivity contribution >= 4 is 22.6 Å². The molecule has 0 aliphatic heterocycles. The number of methoxy groups -OCH3 is 1. The lowest BCUT2D eigenvalue weighted by molar-refractivity contribution is 0.0784. The average Bonchev–Trinajstić information content (AvgIpc) is 2.91. The van der Waals surface area contributed by atoms with Crippen LogP contribution in [-0.2, 0) is 5.60 Å². The molecule has 0 fully saturated rings. The van der Waals surface area contributed by atoms with E-state index in [0.717, 1.165) is 5.39 Å². The monoisotopic (exact) mass is 302 g/mol. The summed E-state index contributed by atoms with van der Waals surface area (Å²) in [6.07, 6.45) is 0. The summed E-state index contributed by atoms with van der Waals surface area (Å²) in [7, 11) is 1.59. The van der Waals surface area contributed by atoms with E-state index in [-0.39, 0.29) is 0 Å². The van der Waals surface area contributed by atoms with Gasteiger partial charge in [0.05, 0.1) is 7.11 Å². The van der Waals surface area contributed by atoms with E-state index >= 15 is 0 Å². The third-order valence-electron chi connectivity index (χ3n) is 3.59. The van der Waals surface area contributed by atoms with Crippen LogP contribution in [0.3, 0.4) is 0 Å². The number of furan rings is 1. The van der Waals surface area contributed by atoms with Gasteiger partial charge >= 0.3 is 0 Å². The summed E-state index contributed by atoms with van der Waals surface area (Å²) in [5.74, 6) is 1.15. The van der Waals surface area contributed by atoms with Crippen LogP contribution in [0.15, 0.2) is 52.9 Å². The summed E-state index contributed by atoms with van der Waals surface area (Å²) in [4.78, 5) is 0. The zero-order valence-electron chi connectivity index (χ0n) is 11.8. The van der Waals surface area contributed by atoms with Gasteiger partial charge < -0.3 is 14.3 Å². The molecule has 1 aromatic heterocycles. The van der Waals surface area contributed by atoms with Gasteiger partial charge in [-0.2, -0.15) is 0 Å². The lowest BCUT2D eigenvalue weighted by Gasteiger charge is -2.21. The van der Waals surface area contributed by atoms with E-state index in [0.29, 0.717) is 27.7 Å². The Morgan fingerprint density at radius 2 is 1.95 bits per heavy atom. The summed E-state index contributed by atoms with van der Waals surface area (Å²) in [5, 5.41) is 12.4. The number of benzene rings is 2. The molecule has 0 saturated carbocycles. The molecule has 0 bridgehead atoms. The highest BCUT2D eigenvalue weighted by Gasteiger charge is 2.30. The molecule has 3 aromatic rings. The normalized spacial score (nSPS) is 14.1. The van der Waals surface area contributed by atoms with Crippen LogP contribution in [0.25, 0.3) is 11.0 Å². The number of hydrogen-bond donors (Lipinski definition) is 1. The summed E-state index contributed by atoms with van der Waals surface area (Å²) in [6, 6.07) is 14.5. The maximum absolute atomic E-state index is 10.9. The largest absolute Gasteiger partial charge is 0.497 e. The fourth-order valence-electron chi connectivity index (χ4n) is 2.32. The first-order chi connectivity index (χ1) is 10.0. The molecule has 1 atom stereocenters. The Bertz CT molecular complexity index is 790. The van der Waals surface area contributed by atoms with Crippen molar-refractivity contribution in [2.45, 2.75) is 12.5 Å². The minimum absolute atomic E-state index is 0.466. The quantitative estimate of drug-likeness (QED) is 0.782. The van der Waals surface area contributed by atoms with Crippen LogP contribution < -0.4 is 4.74 Å². The van der Waals surface area contributed by atoms with Gasteiger partial charge in [-0.15, -0.1) is 0 Å². The minimum Gasteiger partial charge on any atom is -0.497 e. The van der Waals surface area contributed by atoms with E-state index in [1.165, 1.54) is 0 Å². The molecule has 0 aliphatic carbocycles. The third-order valence-corrected chi connectivity index (χ3v) is 3.83. The predicted molar refractivity (Wildman–Crippen MR) is 82.9 cm³/mol. The minimum atomic E-state index is -1.25. The summed E-state index contributed by atoms with van der Waals surface area (Å²) < 4.78 is 11.0. The number of aliphatic hydroxyl groups is 1. The average molecular weight is 303 g/mol. The van der Waals surface area contributed by atoms with Gasteiger partial charge in [0.1, 0.15) is 22.7 Å². The van der Waals surface area contributed by atoms with Crippen molar-refractivity contribution in [3.63, 3.8) is 0 Å². The van der Waals surface area contributed by atoms with Crippen LogP contribution in [0.4, 0.5) is 0 Å². The smallest absolute Gasteiger partial charge is 0.144 e. The predicted octanol–water partition coefficient (Wildman–Crippen LogP) is 4.35. The lowest BCUT2D eigenvalue weighted by Crippen LogP contribution is -2.21. The highest BCUT2D eigenvalue weighted by Crippen LogP contribution is 2.35. The summed E-state index contributed by atoms with van der Waals surface area (Å²) >= 11 is 5.98. The molecule has 1 N–H and O–H groups in total. The number of hydrogen-bond acceptors (Lipinski definition) is 3. The molecule has 3 rings (SSSR count). The summed E-state index contributed by atoms with van der Waals surface area (Å²) in [6.45, 7) is 1.70. The Balaban J connectivity index is 2.09. The van der Waals surface area contributed by atoms with Gasteiger partial charge in [0.25, 0.3) is 0 Å². The Kier molecular flexibility index (Phi) is 3.40. The second-order valence-corrected chi connectivity index (χ2v) is 5.53. The van der Waals surface area contributed by atoms with Crippen molar-refractivity contribution < 1.29 is 14.3 Å². The van der Waals surface area contributed by atoms with Crippen LogP contribution >= 0.6 is 11.6 Å². The fourth-order valence-corrected chi connectivity index (χ4v) is 2.50. The van der Waals surface area contributed by atoms with Gasteiger partial charge in [0.2, 0.25) is 0 Å². The van der Waals surface area contributed by atoms with Crippen LogP contribution in [0.2, 0.25) is 5.02 Å². The number of rotatable bonds is 3. The van der Waals surface area contributed by atoms with E-state index in [4.69, 9.17) is 20.8 Å². The van der Waals surface area contributed by atoms with E-state index in [1.54, 1.807) is 38.3 Å². The standard InChI is InChI=1S/C17H15ClO3/c1-17(19,12-4-3-5-14(10-12)20-2)16-9-11-8-13(18)6-7-15(11)21-16/h3-10,19H,1-2H3. The lowest BCUT2D eigenvalue weighted by atomic mass is 9.93. The molecule has 1 unspecified atom stereocenters. The van der Waals surface area contributed by atoms with Crippen LogP contribution in [-0.4, -0.2) is 12.2 Å². The van der Waals surface area contributed by atoms with Crippen molar-refractivity contribution in [3.05, 3.63) is 64.9 Å². The number of ether oxygens (including phenoxy) is 1. The van der Waals surface area contributed by atoms with E-state index < -0.39 is 5.60 Å². The first kappa shape index (κ1) is 14.0. The second-order valence-electron chi connectivity index (χ2n) is 5.10. The number of fused-ring (bicyclic) bond motifs is 1. The van der Waals surface area contributed by atoms with Crippen LogP contribution in [0.5, 0.6) is 5.75 Å². The molecule has 4 heteroatoms. The second kappa shape index (κ2) is 5.10. The van der Waals surface area contributed by atoms with Crippen LogP contribution in [0.1, 0.15) is 18.2 Å². The third kappa shape index (κ3) is 2.50. The van der Waals surface area contributed by atoms with Gasteiger partial charge in [-0.1, -0.05) is 23.7 Å². The Labute approximate surface area is 127 Å². The van der Waals surface area contributed by atoms with Crippen molar-refractivity contribution in [1.82, 2.24) is 0 Å². The molecule has 2 aromatic carbocycles. The molecule has 0 spiro atoms. The maximum Gasteiger partial charge on any atom is 0.144 e. The Morgan fingerprint density at radius 1 is 1.14 bits per heavy atom. The molecule has 3 nitrogen and oxygen atoms in total. The van der Waals surface area contributed by atoms with E-state index in [1.807, 2.05) is 24.3 Å². The van der Waals surface area contributed by atoms with Gasteiger partial charge in [0.15, 0.2) is 0 Å². The van der Waals surface area contributed by atoms with Crippen molar-refractivity contribution in [3.8, 4) is 5.75 Å². The topological polar surface area (TPSA) is 42.6 Å². The van der Waals surface area contributed by atoms with Crippen LogP contribution in [0, 0.1) is 0 Å². The first-order valence-corrected chi connectivity index (χ1v) is 6.95. The molecule has 0 amide bonds. The molecule has 1 heterocycles. The molecule has 108 valence electrons.